The van der Waals surface area contributed by atoms with Crippen LogP contribution in [0, 0.1) is 5.92 Å². The van der Waals surface area contributed by atoms with Crippen LogP contribution in [0.15, 0.2) is 4.99 Å². The van der Waals surface area contributed by atoms with Crippen molar-refractivity contribution in [2.45, 2.75) is 38.2 Å². The summed E-state index contributed by atoms with van der Waals surface area (Å²) < 4.78 is 11.2. The molecule has 2 rings (SSSR count). The maximum absolute atomic E-state index is 5.67. The molecular weight excluding hydrogens is 292 g/mol. The molecule has 0 aliphatic carbocycles. The van der Waals surface area contributed by atoms with E-state index in [2.05, 4.69) is 27.6 Å². The average Bonchev–Trinajstić information content (AvgIpc) is 3.07. The van der Waals surface area contributed by atoms with Gasteiger partial charge in [-0.3, -0.25) is 4.99 Å². The van der Waals surface area contributed by atoms with Crippen LogP contribution < -0.4 is 10.6 Å². The summed E-state index contributed by atoms with van der Waals surface area (Å²) in [5.74, 6) is 1.62. The molecule has 0 aromatic carbocycles. The van der Waals surface area contributed by atoms with Gasteiger partial charge in [0.05, 0.1) is 12.7 Å². The summed E-state index contributed by atoms with van der Waals surface area (Å²) in [5.41, 5.74) is 0. The van der Waals surface area contributed by atoms with Crippen molar-refractivity contribution in [3.8, 4) is 0 Å². The first kappa shape index (κ1) is 18.5. The standard InChI is InChI=1S/C17H34N4O2/c1-18-17(20-12-15-6-3-9-21(2)13-15)19-8-5-10-22-14-16-7-4-11-23-16/h15-16H,3-14H2,1-2H3,(H2,18,19,20). The van der Waals surface area contributed by atoms with E-state index in [1.165, 1.54) is 32.4 Å². The smallest absolute Gasteiger partial charge is 0.190 e. The SMILES string of the molecule is CN=C(NCCCOCC1CCCO1)NCC1CCCN(C)C1. The van der Waals surface area contributed by atoms with Crippen LogP contribution in [0.1, 0.15) is 32.1 Å². The Morgan fingerprint density at radius 3 is 2.96 bits per heavy atom. The molecule has 0 saturated carbocycles. The van der Waals surface area contributed by atoms with Gasteiger partial charge in [-0.1, -0.05) is 0 Å². The molecule has 2 aliphatic rings. The van der Waals surface area contributed by atoms with Gasteiger partial charge in [0.1, 0.15) is 0 Å². The number of piperidine rings is 1. The van der Waals surface area contributed by atoms with Crippen LogP contribution in [0.2, 0.25) is 0 Å². The molecule has 0 spiro atoms. The zero-order valence-corrected chi connectivity index (χ0v) is 14.9. The number of aliphatic imine (C=N–C) groups is 1. The Labute approximate surface area is 141 Å². The molecule has 2 aliphatic heterocycles. The van der Waals surface area contributed by atoms with Gasteiger partial charge in [0.2, 0.25) is 0 Å². The Hall–Kier alpha value is -0.850. The van der Waals surface area contributed by atoms with Crippen LogP contribution in [0.5, 0.6) is 0 Å². The fourth-order valence-corrected chi connectivity index (χ4v) is 3.27. The van der Waals surface area contributed by atoms with Crippen molar-refractivity contribution in [1.82, 2.24) is 15.5 Å². The minimum atomic E-state index is 0.325. The summed E-state index contributed by atoms with van der Waals surface area (Å²) >= 11 is 0. The fraction of sp³-hybridized carbons (Fsp3) is 0.941. The lowest BCUT2D eigenvalue weighted by atomic mass is 9.99. The number of hydrogen-bond acceptors (Lipinski definition) is 4. The predicted molar refractivity (Wildman–Crippen MR) is 94.0 cm³/mol. The van der Waals surface area contributed by atoms with Gasteiger partial charge in [-0.15, -0.1) is 0 Å². The van der Waals surface area contributed by atoms with Crippen molar-refractivity contribution in [3.63, 3.8) is 0 Å². The molecule has 0 amide bonds. The van der Waals surface area contributed by atoms with E-state index >= 15 is 0 Å². The van der Waals surface area contributed by atoms with Crippen molar-refractivity contribution in [3.05, 3.63) is 0 Å². The second kappa shape index (κ2) is 10.8. The normalized spacial score (nSPS) is 26.4. The summed E-state index contributed by atoms with van der Waals surface area (Å²) in [4.78, 5) is 6.71. The van der Waals surface area contributed by atoms with Crippen molar-refractivity contribution in [2.24, 2.45) is 10.9 Å². The molecule has 2 fully saturated rings. The van der Waals surface area contributed by atoms with Gasteiger partial charge >= 0.3 is 0 Å². The molecule has 0 radical (unpaired) electrons. The van der Waals surface area contributed by atoms with Gasteiger partial charge in [0.25, 0.3) is 0 Å². The van der Waals surface area contributed by atoms with Crippen LogP contribution in [-0.4, -0.2) is 77.1 Å². The van der Waals surface area contributed by atoms with Gasteiger partial charge in [0.15, 0.2) is 5.96 Å². The van der Waals surface area contributed by atoms with Crippen LogP contribution in [0.4, 0.5) is 0 Å². The predicted octanol–water partition coefficient (Wildman–Crippen LogP) is 1.08. The maximum atomic E-state index is 5.67. The Morgan fingerprint density at radius 1 is 1.30 bits per heavy atom. The number of nitrogens with one attached hydrogen (secondary N) is 2. The number of likely N-dealkylation sites (tertiary alicyclic amines) is 1. The van der Waals surface area contributed by atoms with Crippen molar-refractivity contribution in [2.75, 3.05) is 60.1 Å². The van der Waals surface area contributed by atoms with Crippen LogP contribution >= 0.6 is 0 Å². The van der Waals surface area contributed by atoms with E-state index in [1.807, 2.05) is 7.05 Å². The largest absolute Gasteiger partial charge is 0.379 e. The highest BCUT2D eigenvalue weighted by Gasteiger charge is 2.17. The average molecular weight is 326 g/mol. The Balaban J connectivity index is 1.47. The molecule has 0 aromatic rings. The summed E-state index contributed by atoms with van der Waals surface area (Å²) in [6.07, 6.45) is 6.24. The second-order valence-corrected chi connectivity index (χ2v) is 6.71. The molecule has 2 saturated heterocycles. The molecular formula is C17H34N4O2. The van der Waals surface area contributed by atoms with Crippen LogP contribution in [-0.2, 0) is 9.47 Å². The summed E-state index contributed by atoms with van der Waals surface area (Å²) in [6.45, 7) is 6.71. The summed E-state index contributed by atoms with van der Waals surface area (Å²) in [6, 6.07) is 0. The Bertz CT molecular complexity index is 345. The zero-order valence-electron chi connectivity index (χ0n) is 14.9. The van der Waals surface area contributed by atoms with Crippen LogP contribution in [0.25, 0.3) is 0 Å². The molecule has 134 valence electrons. The lowest BCUT2D eigenvalue weighted by molar-refractivity contribution is 0.0168. The molecule has 6 nitrogen and oxygen atoms in total. The molecule has 2 unspecified atom stereocenters. The third kappa shape index (κ3) is 7.50. The van der Waals surface area contributed by atoms with Gasteiger partial charge in [0, 0.05) is 39.9 Å². The number of rotatable bonds is 8. The monoisotopic (exact) mass is 326 g/mol. The van der Waals surface area contributed by atoms with E-state index in [0.29, 0.717) is 6.10 Å². The first-order valence-electron chi connectivity index (χ1n) is 9.10. The lowest BCUT2D eigenvalue weighted by Crippen LogP contribution is -2.43. The minimum Gasteiger partial charge on any atom is -0.379 e. The first-order valence-corrected chi connectivity index (χ1v) is 9.10. The third-order valence-electron chi connectivity index (χ3n) is 4.59. The van der Waals surface area contributed by atoms with Crippen molar-refractivity contribution >= 4 is 5.96 Å². The Morgan fingerprint density at radius 2 is 2.22 bits per heavy atom. The number of nitrogens with zero attached hydrogens (tertiary/aromatic N) is 2. The van der Waals surface area contributed by atoms with Crippen molar-refractivity contribution < 1.29 is 9.47 Å². The zero-order chi connectivity index (χ0) is 16.3. The topological polar surface area (TPSA) is 58.1 Å². The molecule has 23 heavy (non-hydrogen) atoms. The van der Waals surface area contributed by atoms with E-state index in [0.717, 1.165) is 57.6 Å². The van der Waals surface area contributed by atoms with Crippen LogP contribution in [0.3, 0.4) is 0 Å². The highest BCUT2D eigenvalue weighted by Crippen LogP contribution is 2.13. The highest BCUT2D eigenvalue weighted by atomic mass is 16.5. The second-order valence-electron chi connectivity index (χ2n) is 6.71. The summed E-state index contributed by atoms with van der Waals surface area (Å²) in [5, 5.41) is 6.81. The third-order valence-corrected chi connectivity index (χ3v) is 4.59. The van der Waals surface area contributed by atoms with E-state index in [4.69, 9.17) is 9.47 Å². The number of guanidine groups is 1. The summed E-state index contributed by atoms with van der Waals surface area (Å²) in [7, 11) is 4.03. The molecule has 0 bridgehead atoms. The first-order chi connectivity index (χ1) is 11.3. The molecule has 2 heterocycles. The van der Waals surface area contributed by atoms with Gasteiger partial charge in [-0.25, -0.2) is 0 Å². The van der Waals surface area contributed by atoms with E-state index < -0.39 is 0 Å². The quantitative estimate of drug-likeness (QED) is 0.397. The minimum absolute atomic E-state index is 0.325. The number of ether oxygens (including phenoxy) is 2. The van der Waals surface area contributed by atoms with Crippen molar-refractivity contribution in [1.29, 1.82) is 0 Å². The fourth-order valence-electron chi connectivity index (χ4n) is 3.27. The van der Waals surface area contributed by atoms with Gasteiger partial charge in [-0.05, 0) is 51.6 Å². The van der Waals surface area contributed by atoms with E-state index in [1.54, 1.807) is 0 Å². The molecule has 0 aromatic heterocycles. The van der Waals surface area contributed by atoms with E-state index in [-0.39, 0.29) is 0 Å². The number of hydrogen-bond donors (Lipinski definition) is 2. The molecule has 2 atom stereocenters. The Kier molecular flexibility index (Phi) is 8.71. The molecule has 6 heteroatoms. The van der Waals surface area contributed by atoms with Gasteiger partial charge in [-0.2, -0.15) is 0 Å². The lowest BCUT2D eigenvalue weighted by Gasteiger charge is -2.30. The highest BCUT2D eigenvalue weighted by molar-refractivity contribution is 5.79. The van der Waals surface area contributed by atoms with Gasteiger partial charge < -0.3 is 25.0 Å². The molecule has 2 N–H and O–H groups in total. The van der Waals surface area contributed by atoms with E-state index in [9.17, 15) is 0 Å². The maximum Gasteiger partial charge on any atom is 0.190 e.